The highest BCUT2D eigenvalue weighted by molar-refractivity contribution is 5.97. The number of nitrogens with one attached hydrogen (secondary N) is 2. The lowest BCUT2D eigenvalue weighted by atomic mass is 10.1. The van der Waals surface area contributed by atoms with Crippen molar-refractivity contribution in [1.29, 1.82) is 0 Å². The number of fused-ring (bicyclic) bond motifs is 1. The van der Waals surface area contributed by atoms with Crippen molar-refractivity contribution in [2.24, 2.45) is 5.41 Å². The number of carbonyl (C=O) groups is 1. The molecule has 1 amide bonds. The molecule has 2 aliphatic rings. The molecule has 1 saturated carbocycles. The number of anilines is 1. The summed E-state index contributed by atoms with van der Waals surface area (Å²) in [5.74, 6) is 0.176. The Hall–Kier alpha value is -1.35. The molecule has 2 N–H and O–H groups in total. The maximum absolute atomic E-state index is 12.2. The standard InChI is InChI=1S/C15H20N2O/c1-16-10-15(7-8-15)14(18)17-13-6-5-11-3-2-4-12(11)9-13/h5-6,9,16H,2-4,7-8,10H2,1H3,(H,17,18). The Morgan fingerprint density at radius 2 is 2.06 bits per heavy atom. The fraction of sp³-hybridized carbons (Fsp3) is 0.533. The summed E-state index contributed by atoms with van der Waals surface area (Å²) < 4.78 is 0. The molecule has 0 atom stereocenters. The van der Waals surface area contributed by atoms with Gasteiger partial charge in [-0.2, -0.15) is 0 Å². The van der Waals surface area contributed by atoms with E-state index in [0.717, 1.165) is 31.5 Å². The molecule has 0 radical (unpaired) electrons. The van der Waals surface area contributed by atoms with E-state index in [-0.39, 0.29) is 11.3 Å². The predicted molar refractivity (Wildman–Crippen MR) is 72.7 cm³/mol. The third-order valence-electron chi connectivity index (χ3n) is 4.21. The van der Waals surface area contributed by atoms with Gasteiger partial charge in [0.25, 0.3) is 0 Å². The van der Waals surface area contributed by atoms with Crippen molar-refractivity contribution in [3.8, 4) is 0 Å². The van der Waals surface area contributed by atoms with E-state index >= 15 is 0 Å². The second-order valence-electron chi connectivity index (χ2n) is 5.60. The molecular formula is C15H20N2O. The van der Waals surface area contributed by atoms with Crippen LogP contribution in [0.15, 0.2) is 18.2 Å². The van der Waals surface area contributed by atoms with E-state index in [2.05, 4.69) is 22.8 Å². The minimum absolute atomic E-state index is 0.145. The molecule has 2 aliphatic carbocycles. The first-order valence-electron chi connectivity index (χ1n) is 6.81. The van der Waals surface area contributed by atoms with Crippen LogP contribution in [0.2, 0.25) is 0 Å². The lowest BCUT2D eigenvalue weighted by molar-refractivity contribution is -0.120. The van der Waals surface area contributed by atoms with Gasteiger partial charge >= 0.3 is 0 Å². The van der Waals surface area contributed by atoms with Gasteiger partial charge in [-0.3, -0.25) is 4.79 Å². The van der Waals surface area contributed by atoms with Gasteiger partial charge in [-0.25, -0.2) is 0 Å². The summed E-state index contributed by atoms with van der Waals surface area (Å²) >= 11 is 0. The largest absolute Gasteiger partial charge is 0.326 e. The molecule has 3 rings (SSSR count). The Morgan fingerprint density at radius 3 is 2.78 bits per heavy atom. The number of hydrogen-bond acceptors (Lipinski definition) is 2. The molecule has 0 bridgehead atoms. The number of benzene rings is 1. The van der Waals surface area contributed by atoms with Gasteiger partial charge in [0.05, 0.1) is 5.41 Å². The van der Waals surface area contributed by atoms with Gasteiger partial charge < -0.3 is 10.6 Å². The molecule has 18 heavy (non-hydrogen) atoms. The van der Waals surface area contributed by atoms with Crippen molar-refractivity contribution in [2.75, 3.05) is 18.9 Å². The van der Waals surface area contributed by atoms with E-state index in [4.69, 9.17) is 0 Å². The third-order valence-corrected chi connectivity index (χ3v) is 4.21. The van der Waals surface area contributed by atoms with Gasteiger partial charge in [0, 0.05) is 12.2 Å². The monoisotopic (exact) mass is 244 g/mol. The number of amides is 1. The van der Waals surface area contributed by atoms with Crippen LogP contribution in [0.4, 0.5) is 5.69 Å². The Kier molecular flexibility index (Phi) is 2.86. The molecule has 0 spiro atoms. The molecule has 1 fully saturated rings. The van der Waals surface area contributed by atoms with Gasteiger partial charge in [-0.05, 0) is 62.4 Å². The molecule has 0 unspecified atom stereocenters. The smallest absolute Gasteiger partial charge is 0.231 e. The molecule has 3 heteroatoms. The minimum Gasteiger partial charge on any atom is -0.326 e. The van der Waals surface area contributed by atoms with Crippen LogP contribution >= 0.6 is 0 Å². The molecule has 1 aromatic rings. The highest BCUT2D eigenvalue weighted by Crippen LogP contribution is 2.45. The van der Waals surface area contributed by atoms with Crippen LogP contribution in [0.5, 0.6) is 0 Å². The van der Waals surface area contributed by atoms with E-state index in [1.54, 1.807) is 0 Å². The summed E-state index contributed by atoms with van der Waals surface area (Å²) in [7, 11) is 1.91. The molecule has 0 aromatic heterocycles. The molecule has 0 saturated heterocycles. The zero-order chi connectivity index (χ0) is 12.6. The van der Waals surface area contributed by atoms with E-state index in [1.807, 2.05) is 13.1 Å². The van der Waals surface area contributed by atoms with E-state index in [9.17, 15) is 4.79 Å². The van der Waals surface area contributed by atoms with Crippen molar-refractivity contribution < 1.29 is 4.79 Å². The van der Waals surface area contributed by atoms with Gasteiger partial charge in [-0.15, -0.1) is 0 Å². The van der Waals surface area contributed by atoms with E-state index in [1.165, 1.54) is 24.0 Å². The van der Waals surface area contributed by atoms with Gasteiger partial charge in [0.2, 0.25) is 5.91 Å². The fourth-order valence-corrected chi connectivity index (χ4v) is 2.89. The predicted octanol–water partition coefficient (Wildman–Crippen LogP) is 2.11. The average Bonchev–Trinajstić information content (AvgIpc) is 3.00. The number of aryl methyl sites for hydroxylation is 2. The number of carbonyl (C=O) groups excluding carboxylic acids is 1. The summed E-state index contributed by atoms with van der Waals surface area (Å²) in [5.41, 5.74) is 3.67. The van der Waals surface area contributed by atoms with Crippen LogP contribution in [0.1, 0.15) is 30.4 Å². The minimum atomic E-state index is -0.145. The van der Waals surface area contributed by atoms with E-state index < -0.39 is 0 Å². The topological polar surface area (TPSA) is 41.1 Å². The van der Waals surface area contributed by atoms with Crippen LogP contribution in [0, 0.1) is 5.41 Å². The van der Waals surface area contributed by atoms with Crippen LogP contribution in [-0.4, -0.2) is 19.5 Å². The Morgan fingerprint density at radius 1 is 1.28 bits per heavy atom. The van der Waals surface area contributed by atoms with Crippen molar-refractivity contribution >= 4 is 11.6 Å². The SMILES string of the molecule is CNCC1(C(=O)Nc2ccc3c(c2)CCC3)CC1. The summed E-state index contributed by atoms with van der Waals surface area (Å²) in [6.07, 6.45) is 5.60. The van der Waals surface area contributed by atoms with Crippen LogP contribution in [0.3, 0.4) is 0 Å². The number of rotatable bonds is 4. The van der Waals surface area contributed by atoms with Crippen molar-refractivity contribution in [1.82, 2.24) is 5.32 Å². The molecule has 1 aromatic carbocycles. The second kappa shape index (κ2) is 4.39. The second-order valence-corrected chi connectivity index (χ2v) is 5.60. The molecule has 0 heterocycles. The summed E-state index contributed by atoms with van der Waals surface area (Å²) in [4.78, 5) is 12.2. The average molecular weight is 244 g/mol. The number of hydrogen-bond donors (Lipinski definition) is 2. The lowest BCUT2D eigenvalue weighted by Crippen LogP contribution is -2.32. The quantitative estimate of drug-likeness (QED) is 0.851. The molecule has 3 nitrogen and oxygen atoms in total. The highest BCUT2D eigenvalue weighted by Gasteiger charge is 2.49. The van der Waals surface area contributed by atoms with Gasteiger partial charge in [0.1, 0.15) is 0 Å². The molecule has 96 valence electrons. The van der Waals surface area contributed by atoms with Crippen molar-refractivity contribution in [2.45, 2.75) is 32.1 Å². The Bertz CT molecular complexity index is 477. The maximum Gasteiger partial charge on any atom is 0.231 e. The zero-order valence-corrected chi connectivity index (χ0v) is 10.9. The van der Waals surface area contributed by atoms with Gasteiger partial charge in [-0.1, -0.05) is 6.07 Å². The van der Waals surface area contributed by atoms with Crippen molar-refractivity contribution in [3.63, 3.8) is 0 Å². The lowest BCUT2D eigenvalue weighted by Gasteiger charge is -2.15. The van der Waals surface area contributed by atoms with Gasteiger partial charge in [0.15, 0.2) is 0 Å². The third kappa shape index (κ3) is 2.03. The molecule has 0 aliphatic heterocycles. The highest BCUT2D eigenvalue weighted by atomic mass is 16.2. The van der Waals surface area contributed by atoms with E-state index in [0.29, 0.717) is 0 Å². The Balaban J connectivity index is 1.71. The van der Waals surface area contributed by atoms with Crippen LogP contribution in [0.25, 0.3) is 0 Å². The first-order valence-corrected chi connectivity index (χ1v) is 6.81. The summed E-state index contributed by atoms with van der Waals surface area (Å²) in [6, 6.07) is 6.35. The van der Waals surface area contributed by atoms with Crippen molar-refractivity contribution in [3.05, 3.63) is 29.3 Å². The van der Waals surface area contributed by atoms with Crippen LogP contribution < -0.4 is 10.6 Å². The Labute approximate surface area is 108 Å². The fourth-order valence-electron chi connectivity index (χ4n) is 2.89. The zero-order valence-electron chi connectivity index (χ0n) is 10.9. The normalized spacial score (nSPS) is 19.4. The van der Waals surface area contributed by atoms with Crippen LogP contribution in [-0.2, 0) is 17.6 Å². The maximum atomic E-state index is 12.2. The first-order chi connectivity index (χ1) is 8.73. The summed E-state index contributed by atoms with van der Waals surface area (Å²) in [5, 5.41) is 6.20. The first kappa shape index (κ1) is 11.7. The summed E-state index contributed by atoms with van der Waals surface area (Å²) in [6.45, 7) is 0.782. The molecular weight excluding hydrogens is 224 g/mol.